The number of primary sulfonamides is 1. The minimum Gasteiger partial charge on any atom is -0.384 e. The van der Waals surface area contributed by atoms with E-state index in [1.807, 2.05) is 30.3 Å². The Kier molecular flexibility index (Phi) is 4.95. The van der Waals surface area contributed by atoms with Gasteiger partial charge in [0, 0.05) is 12.6 Å². The topological polar surface area (TPSA) is 98.2 Å². The van der Waals surface area contributed by atoms with E-state index in [0.29, 0.717) is 18.7 Å². The molecule has 0 aliphatic rings. The molecule has 2 aromatic carbocycles. The lowest BCUT2D eigenvalue weighted by atomic mass is 10.1. The predicted octanol–water partition coefficient (Wildman–Crippen LogP) is 1.84. The Bertz CT molecular complexity index is 687. The van der Waals surface area contributed by atoms with Crippen molar-refractivity contribution in [2.45, 2.75) is 17.4 Å². The summed E-state index contributed by atoms with van der Waals surface area (Å²) in [5.74, 6) is 0. The third kappa shape index (κ3) is 4.29. The van der Waals surface area contributed by atoms with Gasteiger partial charge in [0.25, 0.3) is 0 Å². The molecule has 0 fully saturated rings. The number of rotatable bonds is 6. The van der Waals surface area contributed by atoms with Crippen molar-refractivity contribution in [2.75, 3.05) is 11.9 Å². The van der Waals surface area contributed by atoms with Crippen LogP contribution in [0, 0.1) is 0 Å². The molecule has 6 heteroatoms. The van der Waals surface area contributed by atoms with Gasteiger partial charge >= 0.3 is 0 Å². The zero-order chi connectivity index (χ0) is 15.3. The number of nitrogens with two attached hydrogens (primary N) is 2. The molecule has 21 heavy (non-hydrogen) atoms. The van der Waals surface area contributed by atoms with Crippen molar-refractivity contribution >= 4 is 15.7 Å². The van der Waals surface area contributed by atoms with Crippen molar-refractivity contribution in [3.63, 3.8) is 0 Å². The van der Waals surface area contributed by atoms with Gasteiger partial charge in [-0.05, 0) is 24.1 Å². The summed E-state index contributed by atoms with van der Waals surface area (Å²) in [7, 11) is -3.73. The first-order valence-corrected chi connectivity index (χ1v) is 8.19. The summed E-state index contributed by atoms with van der Waals surface area (Å²) in [6, 6.07) is 16.2. The van der Waals surface area contributed by atoms with Crippen LogP contribution in [0.15, 0.2) is 59.5 Å². The van der Waals surface area contributed by atoms with Crippen LogP contribution in [0.25, 0.3) is 0 Å². The van der Waals surface area contributed by atoms with Crippen LogP contribution in [0.4, 0.5) is 5.69 Å². The van der Waals surface area contributed by atoms with Crippen LogP contribution in [-0.2, 0) is 10.0 Å². The number of sulfonamides is 1. The highest BCUT2D eigenvalue weighted by atomic mass is 32.2. The SMILES string of the molecule is NC(CCNc1ccccc1S(N)(=O)=O)c1ccccc1. The van der Waals surface area contributed by atoms with Crippen LogP contribution in [0.5, 0.6) is 0 Å². The summed E-state index contributed by atoms with van der Waals surface area (Å²) >= 11 is 0. The van der Waals surface area contributed by atoms with E-state index in [2.05, 4.69) is 5.32 Å². The lowest BCUT2D eigenvalue weighted by Gasteiger charge is -2.14. The van der Waals surface area contributed by atoms with Gasteiger partial charge in [-0.15, -0.1) is 0 Å². The minimum absolute atomic E-state index is 0.0956. The summed E-state index contributed by atoms with van der Waals surface area (Å²) in [5.41, 5.74) is 7.65. The second-order valence-corrected chi connectivity index (χ2v) is 6.30. The fraction of sp³-hybridized carbons (Fsp3) is 0.200. The highest BCUT2D eigenvalue weighted by molar-refractivity contribution is 7.89. The van der Waals surface area contributed by atoms with Crippen molar-refractivity contribution in [3.05, 3.63) is 60.2 Å². The van der Waals surface area contributed by atoms with Crippen LogP contribution in [0.3, 0.4) is 0 Å². The minimum atomic E-state index is -3.73. The predicted molar refractivity (Wildman–Crippen MR) is 84.3 cm³/mol. The molecule has 0 aliphatic heterocycles. The third-order valence-electron chi connectivity index (χ3n) is 3.19. The second-order valence-electron chi connectivity index (χ2n) is 4.77. The van der Waals surface area contributed by atoms with E-state index in [0.717, 1.165) is 5.56 Å². The molecule has 2 aromatic rings. The molecule has 0 spiro atoms. The molecule has 0 bridgehead atoms. The number of hydrogen-bond acceptors (Lipinski definition) is 4. The van der Waals surface area contributed by atoms with E-state index in [1.54, 1.807) is 18.2 Å². The number of benzene rings is 2. The molecule has 0 radical (unpaired) electrons. The lowest BCUT2D eigenvalue weighted by Crippen LogP contribution is -2.18. The molecule has 0 saturated heterocycles. The summed E-state index contributed by atoms with van der Waals surface area (Å²) in [4.78, 5) is 0.0956. The Balaban J connectivity index is 1.99. The number of nitrogens with one attached hydrogen (secondary N) is 1. The Hall–Kier alpha value is -1.89. The van der Waals surface area contributed by atoms with Crippen LogP contribution < -0.4 is 16.2 Å². The van der Waals surface area contributed by atoms with Crippen LogP contribution in [0.2, 0.25) is 0 Å². The van der Waals surface area contributed by atoms with E-state index in [4.69, 9.17) is 10.9 Å². The summed E-state index contributed by atoms with van der Waals surface area (Å²) in [5, 5.41) is 8.27. The van der Waals surface area contributed by atoms with Gasteiger partial charge in [0.05, 0.1) is 5.69 Å². The first-order chi connectivity index (χ1) is 9.98. The van der Waals surface area contributed by atoms with Gasteiger partial charge in [-0.3, -0.25) is 0 Å². The molecule has 0 amide bonds. The van der Waals surface area contributed by atoms with Crippen LogP contribution in [-0.4, -0.2) is 15.0 Å². The monoisotopic (exact) mass is 305 g/mol. The first kappa shape index (κ1) is 15.5. The van der Waals surface area contributed by atoms with E-state index < -0.39 is 10.0 Å². The van der Waals surface area contributed by atoms with Crippen molar-refractivity contribution in [1.82, 2.24) is 0 Å². The molecule has 5 N–H and O–H groups in total. The summed E-state index contributed by atoms with van der Waals surface area (Å²) < 4.78 is 23.0. The third-order valence-corrected chi connectivity index (χ3v) is 4.16. The fourth-order valence-electron chi connectivity index (χ4n) is 2.09. The quantitative estimate of drug-likeness (QED) is 0.758. The standard InChI is InChI=1S/C15H19N3O2S/c16-13(12-6-2-1-3-7-12)10-11-18-14-8-4-5-9-15(14)21(17,19)20/h1-9,13,18H,10-11,16H2,(H2,17,19,20). The molecule has 0 aliphatic carbocycles. The van der Waals surface area contributed by atoms with E-state index in [-0.39, 0.29) is 10.9 Å². The first-order valence-electron chi connectivity index (χ1n) is 6.65. The molecule has 1 unspecified atom stereocenters. The number of para-hydroxylation sites is 1. The van der Waals surface area contributed by atoms with E-state index in [1.165, 1.54) is 6.07 Å². The van der Waals surface area contributed by atoms with Gasteiger partial charge in [0.2, 0.25) is 10.0 Å². The van der Waals surface area contributed by atoms with Crippen molar-refractivity contribution in [2.24, 2.45) is 10.9 Å². The van der Waals surface area contributed by atoms with E-state index >= 15 is 0 Å². The average molecular weight is 305 g/mol. The molecule has 2 rings (SSSR count). The zero-order valence-electron chi connectivity index (χ0n) is 11.6. The average Bonchev–Trinajstić information content (AvgIpc) is 2.47. The molecular weight excluding hydrogens is 286 g/mol. The van der Waals surface area contributed by atoms with Gasteiger partial charge in [-0.1, -0.05) is 42.5 Å². The van der Waals surface area contributed by atoms with Crippen LogP contribution in [0.1, 0.15) is 18.0 Å². The summed E-state index contributed by atoms with van der Waals surface area (Å²) in [6.07, 6.45) is 0.683. The Morgan fingerprint density at radius 1 is 1.00 bits per heavy atom. The van der Waals surface area contributed by atoms with Gasteiger partial charge < -0.3 is 11.1 Å². The summed E-state index contributed by atoms with van der Waals surface area (Å²) in [6.45, 7) is 0.558. The molecule has 112 valence electrons. The van der Waals surface area contributed by atoms with Gasteiger partial charge in [0.15, 0.2) is 0 Å². The van der Waals surface area contributed by atoms with Gasteiger partial charge in [-0.25, -0.2) is 13.6 Å². The molecule has 5 nitrogen and oxygen atoms in total. The smallest absolute Gasteiger partial charge is 0.240 e. The Morgan fingerprint density at radius 3 is 2.29 bits per heavy atom. The molecule has 1 atom stereocenters. The van der Waals surface area contributed by atoms with Crippen molar-refractivity contribution in [3.8, 4) is 0 Å². The van der Waals surface area contributed by atoms with Crippen LogP contribution >= 0.6 is 0 Å². The molecule has 0 saturated carbocycles. The lowest BCUT2D eigenvalue weighted by molar-refractivity contribution is 0.598. The Labute approximate surface area is 125 Å². The molecule has 0 aromatic heterocycles. The van der Waals surface area contributed by atoms with Crippen molar-refractivity contribution in [1.29, 1.82) is 0 Å². The zero-order valence-corrected chi connectivity index (χ0v) is 12.4. The maximum atomic E-state index is 11.5. The molecular formula is C15H19N3O2S. The highest BCUT2D eigenvalue weighted by Gasteiger charge is 2.13. The maximum Gasteiger partial charge on any atom is 0.240 e. The maximum absolute atomic E-state index is 11.5. The van der Waals surface area contributed by atoms with Gasteiger partial charge in [-0.2, -0.15) is 0 Å². The normalized spacial score (nSPS) is 12.9. The number of hydrogen-bond donors (Lipinski definition) is 3. The second kappa shape index (κ2) is 6.71. The van der Waals surface area contributed by atoms with Crippen molar-refractivity contribution < 1.29 is 8.42 Å². The largest absolute Gasteiger partial charge is 0.384 e. The Morgan fingerprint density at radius 2 is 1.62 bits per heavy atom. The van der Waals surface area contributed by atoms with E-state index in [9.17, 15) is 8.42 Å². The number of anilines is 1. The van der Waals surface area contributed by atoms with Gasteiger partial charge in [0.1, 0.15) is 4.90 Å². The molecule has 0 heterocycles. The highest BCUT2D eigenvalue weighted by Crippen LogP contribution is 2.20. The fourth-order valence-corrected chi connectivity index (χ4v) is 2.81.